The van der Waals surface area contributed by atoms with Crippen LogP contribution in [0.1, 0.15) is 79.5 Å². The largest absolute Gasteiger partial charge is 0.508 e. The Labute approximate surface area is 543 Å². The van der Waals surface area contributed by atoms with E-state index in [9.17, 15) is 42.7 Å². The van der Waals surface area contributed by atoms with Crippen LogP contribution in [-0.4, -0.2) is 167 Å². The van der Waals surface area contributed by atoms with Gasteiger partial charge in [-0.2, -0.15) is 23.5 Å². The van der Waals surface area contributed by atoms with Gasteiger partial charge in [-0.3, -0.25) is 43.2 Å². The van der Waals surface area contributed by atoms with Gasteiger partial charge in [0, 0.05) is 121 Å². The number of phenolic OH excluding ortho intramolecular Hbond substituents is 1. The van der Waals surface area contributed by atoms with Crippen molar-refractivity contribution in [2.75, 3.05) is 37.7 Å². The zero-order chi connectivity index (χ0) is 65.8. The number of halogens is 2. The fourth-order valence-corrected chi connectivity index (χ4v) is 13.9. The quantitative estimate of drug-likeness (QED) is 0.102. The summed E-state index contributed by atoms with van der Waals surface area (Å²) in [6.45, 7) is 3.05. The third kappa shape index (κ3) is 16.9. The SMILES string of the molecule is C[C@@H]1NC(=O)CCSCc2cccc(c2)CSCCNC(=O)[C@]2(C)CCCN2C(=O)[C@H](Cc2ccc(O)cc2)NC(=O)[C@H](Cc2cnc[nH]2)NC(=O)[C@@H]2CCCN2C(=O)[C@H](Cc2c[nH]c3ccc(F)cc23)NC(=O)[C@H](Cc2c[nH]c3ccc(F)cc23)NC(=O)CNC1=O. The van der Waals surface area contributed by atoms with Crippen LogP contribution in [0.4, 0.5) is 8.78 Å². The smallest absolute Gasteiger partial charge is 0.246 e. The Morgan fingerprint density at radius 2 is 1.25 bits per heavy atom. The fourth-order valence-electron chi connectivity index (χ4n) is 12.2. The molecule has 11 N–H and O–H groups in total. The molecule has 9 amide bonds. The average Bonchev–Trinajstić information content (AvgIpc) is 1.72. The highest BCUT2D eigenvalue weighted by Gasteiger charge is 2.48. The number of nitrogens with one attached hydrogen (secondary N) is 10. The molecule has 0 aliphatic carbocycles. The molecule has 2 fully saturated rings. The van der Waals surface area contributed by atoms with Crippen molar-refractivity contribution < 1.29 is 57.0 Å². The Morgan fingerprint density at radius 3 is 1.90 bits per heavy atom. The van der Waals surface area contributed by atoms with Gasteiger partial charge in [-0.15, -0.1) is 0 Å². The predicted molar refractivity (Wildman–Crippen MR) is 347 cm³/mol. The number of aromatic hydroxyl groups is 1. The molecule has 0 saturated carbocycles. The first-order valence-corrected chi connectivity index (χ1v) is 33.3. The minimum Gasteiger partial charge on any atom is -0.508 e. The van der Waals surface area contributed by atoms with Gasteiger partial charge < -0.3 is 67.1 Å². The first-order chi connectivity index (χ1) is 44.8. The molecule has 2 saturated heterocycles. The lowest BCUT2D eigenvalue weighted by Crippen LogP contribution is -2.62. The van der Waals surface area contributed by atoms with Crippen LogP contribution in [0.5, 0.6) is 5.75 Å². The van der Waals surface area contributed by atoms with Gasteiger partial charge in [0.25, 0.3) is 0 Å². The van der Waals surface area contributed by atoms with Crippen molar-refractivity contribution in [3.8, 4) is 5.75 Å². The number of aromatic nitrogens is 4. The Hall–Kier alpha value is -9.24. The van der Waals surface area contributed by atoms with Gasteiger partial charge in [-0.05, 0) is 116 Å². The normalized spacial score (nSPS) is 23.6. The summed E-state index contributed by atoms with van der Waals surface area (Å²) in [7, 11) is 0. The van der Waals surface area contributed by atoms with Gasteiger partial charge in [-0.25, -0.2) is 13.8 Å². The van der Waals surface area contributed by atoms with Crippen molar-refractivity contribution in [1.29, 1.82) is 0 Å². The molecule has 4 aromatic carbocycles. The average molecular weight is 1310 g/mol. The highest BCUT2D eigenvalue weighted by molar-refractivity contribution is 7.98. The number of hydrogen-bond donors (Lipinski definition) is 11. The second-order valence-corrected chi connectivity index (χ2v) is 26.1. The maximum Gasteiger partial charge on any atom is 0.246 e. The van der Waals surface area contributed by atoms with Gasteiger partial charge in [0.2, 0.25) is 53.2 Å². The van der Waals surface area contributed by atoms with Crippen LogP contribution in [0, 0.1) is 11.6 Å². The number of fused-ring (bicyclic) bond motifs is 6. The van der Waals surface area contributed by atoms with E-state index in [-0.39, 0.29) is 63.3 Å². The standard InChI is InChI=1S/C66H75F2N13O10S2/c1-38-59(85)73-34-58(84)76-52(26-42-31-71-50-15-11-44(67)28-48(42)50)60(86)79-55(27-43-32-72-51-16-12-45(68)29-49(43)51)63(89)80-20-4-8-56(80)62(88)77-53(30-46-33-69-37-74-46)61(87)78-54(25-39-9-13-47(82)14-10-39)64(90)81-21-5-18-66(81,2)65(91)70-19-23-93-36-41-7-3-6-40(24-41)35-92-22-17-57(83)75-38/h3,6-7,9-16,24,28-29,31-33,37-38,52-56,71-72,82H,4-5,8,17-23,25-27,30,34-36H2,1-2H3,(H,69,74)(H,70,91)(H,73,85)(H,75,83)(H,76,84)(H,77,88)(H,78,87)(H,79,86)/t38-,52-,53-,54-,55-,56-,66-/m0/s1. The fraction of sp³-hybridized carbons (Fsp3) is 0.394. The second kappa shape index (κ2) is 30.5. The van der Waals surface area contributed by atoms with Crippen LogP contribution >= 0.6 is 23.5 Å². The first kappa shape index (κ1) is 66.7. The number of carbonyl (C=O) groups is 9. The molecule has 0 unspecified atom stereocenters. The highest BCUT2D eigenvalue weighted by atomic mass is 32.2. The highest BCUT2D eigenvalue weighted by Crippen LogP contribution is 2.32. The minimum atomic E-state index is -1.50. The molecule has 23 nitrogen and oxygen atoms in total. The number of aromatic amines is 3. The summed E-state index contributed by atoms with van der Waals surface area (Å²) in [6, 6.07) is 14.2. The van der Waals surface area contributed by atoms with E-state index in [4.69, 9.17) is 0 Å². The van der Waals surface area contributed by atoms with Crippen molar-refractivity contribution in [3.63, 3.8) is 0 Å². The van der Waals surface area contributed by atoms with Crippen LogP contribution < -0.4 is 37.2 Å². The molecule has 0 radical (unpaired) electrons. The van der Waals surface area contributed by atoms with Crippen LogP contribution in [0.15, 0.2) is 110 Å². The third-order valence-electron chi connectivity index (χ3n) is 17.1. The summed E-state index contributed by atoms with van der Waals surface area (Å²) >= 11 is 3.16. The zero-order valence-electron chi connectivity index (χ0n) is 51.4. The molecule has 2 bridgehead atoms. The predicted octanol–water partition coefficient (Wildman–Crippen LogP) is 4.25. The third-order valence-corrected chi connectivity index (χ3v) is 19.2. The van der Waals surface area contributed by atoms with E-state index in [0.717, 1.165) is 11.1 Å². The van der Waals surface area contributed by atoms with Gasteiger partial charge in [0.15, 0.2) is 0 Å². The minimum absolute atomic E-state index is 0.0142. The molecule has 0 spiro atoms. The maximum absolute atomic E-state index is 15.4. The van der Waals surface area contributed by atoms with E-state index in [1.54, 1.807) is 43.2 Å². The summed E-state index contributed by atoms with van der Waals surface area (Å²) in [5.41, 5.74) is 3.67. The van der Waals surface area contributed by atoms with Gasteiger partial charge in [-0.1, -0.05) is 36.4 Å². The Kier molecular flexibility index (Phi) is 21.8. The summed E-state index contributed by atoms with van der Waals surface area (Å²) in [6.07, 6.45) is 6.58. The van der Waals surface area contributed by atoms with Crippen LogP contribution in [0.25, 0.3) is 21.8 Å². The molecule has 3 aliphatic rings. The number of hydrogen-bond acceptors (Lipinski definition) is 13. The molecule has 27 heteroatoms. The van der Waals surface area contributed by atoms with E-state index in [1.807, 2.05) is 18.2 Å². The van der Waals surface area contributed by atoms with E-state index >= 15 is 14.4 Å². The second-order valence-electron chi connectivity index (χ2n) is 23.9. The number of imidazole rings is 1. The molecule has 7 aromatic rings. The zero-order valence-corrected chi connectivity index (χ0v) is 53.0. The molecule has 10 rings (SSSR count). The topological polar surface area (TPSA) is 325 Å². The Morgan fingerprint density at radius 1 is 0.624 bits per heavy atom. The number of rotatable bonds is 8. The molecule has 6 heterocycles. The number of phenols is 1. The van der Waals surface area contributed by atoms with Crippen molar-refractivity contribution in [2.24, 2.45) is 0 Å². The van der Waals surface area contributed by atoms with Crippen molar-refractivity contribution in [2.45, 2.75) is 125 Å². The lowest BCUT2D eigenvalue weighted by atomic mass is 9.95. The van der Waals surface area contributed by atoms with E-state index in [2.05, 4.69) is 63.2 Å². The first-order valence-electron chi connectivity index (χ1n) is 31.0. The molecule has 490 valence electrons. The summed E-state index contributed by atoms with van der Waals surface area (Å²) in [5.74, 6) is -4.89. The molecular weight excluding hydrogens is 1240 g/mol. The van der Waals surface area contributed by atoms with Gasteiger partial charge in [0.05, 0.1) is 12.9 Å². The summed E-state index contributed by atoms with van der Waals surface area (Å²) < 4.78 is 29.7. The molecule has 7 atom stereocenters. The number of thioether (sulfide) groups is 2. The Bertz CT molecular complexity index is 3890. The van der Waals surface area contributed by atoms with Crippen LogP contribution in [0.3, 0.4) is 0 Å². The van der Waals surface area contributed by atoms with E-state index in [1.165, 1.54) is 89.5 Å². The number of H-pyrrole nitrogens is 3. The summed E-state index contributed by atoms with van der Waals surface area (Å²) in [4.78, 5) is 146. The van der Waals surface area contributed by atoms with Gasteiger partial charge >= 0.3 is 0 Å². The van der Waals surface area contributed by atoms with Crippen LogP contribution in [0.2, 0.25) is 0 Å². The number of nitrogens with zero attached hydrogens (tertiary/aromatic N) is 3. The van der Waals surface area contributed by atoms with Crippen molar-refractivity contribution >= 4 is 98.5 Å². The Balaban J connectivity index is 0.953. The van der Waals surface area contributed by atoms with E-state index in [0.29, 0.717) is 93.0 Å². The number of benzene rings is 4. The number of amides is 9. The maximum atomic E-state index is 15.4. The molecular formula is C66H75F2N13O10S2. The van der Waals surface area contributed by atoms with Crippen molar-refractivity contribution in [1.82, 2.24) is 67.0 Å². The van der Waals surface area contributed by atoms with E-state index < -0.39 is 107 Å². The lowest BCUT2D eigenvalue weighted by molar-refractivity contribution is -0.146. The van der Waals surface area contributed by atoms with Crippen LogP contribution in [-0.2, 0) is 80.3 Å². The number of carbonyl (C=O) groups excluding carboxylic acids is 9. The molecule has 3 aromatic heterocycles. The van der Waals surface area contributed by atoms with Gasteiger partial charge in [0.1, 0.15) is 59.2 Å². The monoisotopic (exact) mass is 1310 g/mol. The summed E-state index contributed by atoms with van der Waals surface area (Å²) in [5, 5.41) is 30.5. The van der Waals surface area contributed by atoms with Crippen molar-refractivity contribution in [3.05, 3.63) is 155 Å². The lowest BCUT2D eigenvalue weighted by Gasteiger charge is -2.36. The molecule has 93 heavy (non-hydrogen) atoms. The molecule has 3 aliphatic heterocycles.